The van der Waals surface area contributed by atoms with Crippen LogP contribution in [0.5, 0.6) is 0 Å². The number of hydrogen-bond donors (Lipinski definition) is 1. The molecule has 1 N–H and O–H groups in total. The molecule has 5 nitrogen and oxygen atoms in total. The summed E-state index contributed by atoms with van der Waals surface area (Å²) in [6.45, 7) is 6.05. The van der Waals surface area contributed by atoms with Crippen LogP contribution in [0.15, 0.2) is 29.4 Å². The average Bonchev–Trinajstić information content (AvgIpc) is 3.03. The summed E-state index contributed by atoms with van der Waals surface area (Å²) < 4.78 is 2.24. The van der Waals surface area contributed by atoms with Crippen LogP contribution in [0, 0.1) is 6.92 Å². The number of nitrogens with one attached hydrogen (secondary N) is 1. The molecule has 1 aromatic carbocycles. The van der Waals surface area contributed by atoms with Gasteiger partial charge in [-0.25, -0.2) is 0 Å². The van der Waals surface area contributed by atoms with E-state index in [1.54, 1.807) is 0 Å². The fourth-order valence-electron chi connectivity index (χ4n) is 3.47. The first-order valence-electron chi connectivity index (χ1n) is 9.56. The maximum absolute atomic E-state index is 12.6. The number of carbonyl (C=O) groups is 1. The minimum Gasteiger partial charge on any atom is -0.325 e. The highest BCUT2D eigenvalue weighted by molar-refractivity contribution is 8.00. The molecule has 0 spiro atoms. The number of aromatic nitrogens is 3. The van der Waals surface area contributed by atoms with Crippen LogP contribution in [0.1, 0.15) is 63.4 Å². The first-order valence-corrected chi connectivity index (χ1v) is 10.4. The van der Waals surface area contributed by atoms with Gasteiger partial charge in [0, 0.05) is 11.7 Å². The maximum atomic E-state index is 12.6. The van der Waals surface area contributed by atoms with Crippen molar-refractivity contribution < 1.29 is 4.79 Å². The van der Waals surface area contributed by atoms with Crippen molar-refractivity contribution >= 4 is 23.4 Å². The standard InChI is InChI=1S/C20H28N4OS/c1-4-16-10-12-17(13-11-16)21-19(25)14(2)26-20-23-22-15(3)24(20)18-8-6-5-7-9-18/h10-14,18H,4-9H2,1-3H3,(H,21,25). The van der Waals surface area contributed by atoms with E-state index in [1.807, 2.05) is 26.0 Å². The Hall–Kier alpha value is -1.82. The van der Waals surface area contributed by atoms with Crippen LogP contribution < -0.4 is 5.32 Å². The molecule has 6 heteroatoms. The predicted octanol–water partition coefficient (Wildman–Crippen LogP) is 4.77. The molecule has 3 rings (SSSR count). The summed E-state index contributed by atoms with van der Waals surface area (Å²) in [5, 5.41) is 12.2. The maximum Gasteiger partial charge on any atom is 0.237 e. The van der Waals surface area contributed by atoms with Crippen molar-refractivity contribution in [3.63, 3.8) is 0 Å². The van der Waals surface area contributed by atoms with Gasteiger partial charge in [-0.15, -0.1) is 10.2 Å². The molecule has 1 atom stereocenters. The van der Waals surface area contributed by atoms with E-state index in [0.29, 0.717) is 6.04 Å². The minimum absolute atomic E-state index is 0.00454. The molecule has 1 amide bonds. The van der Waals surface area contributed by atoms with Gasteiger partial charge in [-0.3, -0.25) is 4.79 Å². The molecule has 1 aliphatic rings. The molecule has 26 heavy (non-hydrogen) atoms. The second-order valence-corrected chi connectivity index (χ2v) is 8.30. The van der Waals surface area contributed by atoms with E-state index in [9.17, 15) is 4.79 Å². The topological polar surface area (TPSA) is 59.8 Å². The van der Waals surface area contributed by atoms with E-state index < -0.39 is 0 Å². The lowest BCUT2D eigenvalue weighted by Gasteiger charge is -2.25. The SMILES string of the molecule is CCc1ccc(NC(=O)C(C)Sc2nnc(C)n2C2CCCCC2)cc1. The normalized spacial score (nSPS) is 16.4. The van der Waals surface area contributed by atoms with Gasteiger partial charge < -0.3 is 9.88 Å². The number of anilines is 1. The Morgan fingerprint density at radius 3 is 2.58 bits per heavy atom. The van der Waals surface area contributed by atoms with Crippen LogP contribution in [0.3, 0.4) is 0 Å². The first kappa shape index (κ1) is 19.0. The summed E-state index contributed by atoms with van der Waals surface area (Å²) in [4.78, 5) is 12.6. The third kappa shape index (κ3) is 4.47. The van der Waals surface area contributed by atoms with Crippen LogP contribution in [0.4, 0.5) is 5.69 Å². The van der Waals surface area contributed by atoms with Gasteiger partial charge in [0.15, 0.2) is 5.16 Å². The quantitative estimate of drug-likeness (QED) is 0.742. The highest BCUT2D eigenvalue weighted by Gasteiger charge is 2.24. The fraction of sp³-hybridized carbons (Fsp3) is 0.550. The smallest absolute Gasteiger partial charge is 0.237 e. The number of aryl methyl sites for hydroxylation is 2. The Balaban J connectivity index is 1.65. The van der Waals surface area contributed by atoms with Gasteiger partial charge in [0.25, 0.3) is 0 Å². The number of carbonyl (C=O) groups excluding carboxylic acids is 1. The molecule has 1 fully saturated rings. The van der Waals surface area contributed by atoms with E-state index in [1.165, 1.54) is 49.4 Å². The van der Waals surface area contributed by atoms with Gasteiger partial charge in [0.1, 0.15) is 5.82 Å². The molecule has 1 aromatic heterocycles. The van der Waals surface area contributed by atoms with Crippen LogP contribution in [-0.4, -0.2) is 25.9 Å². The van der Waals surface area contributed by atoms with Crippen molar-refractivity contribution in [2.75, 3.05) is 5.32 Å². The van der Waals surface area contributed by atoms with Gasteiger partial charge in [-0.2, -0.15) is 0 Å². The number of nitrogens with zero attached hydrogens (tertiary/aromatic N) is 3. The molecule has 0 bridgehead atoms. The summed E-state index contributed by atoms with van der Waals surface area (Å²) in [7, 11) is 0. The van der Waals surface area contributed by atoms with Crippen LogP contribution in [0.25, 0.3) is 0 Å². The van der Waals surface area contributed by atoms with E-state index in [4.69, 9.17) is 0 Å². The molecule has 1 unspecified atom stereocenters. The second-order valence-electron chi connectivity index (χ2n) is 6.99. The van der Waals surface area contributed by atoms with Crippen LogP contribution in [-0.2, 0) is 11.2 Å². The van der Waals surface area contributed by atoms with Gasteiger partial charge in [0.2, 0.25) is 5.91 Å². The predicted molar refractivity (Wildman–Crippen MR) is 107 cm³/mol. The number of amides is 1. The third-order valence-corrected chi connectivity index (χ3v) is 6.11. The summed E-state index contributed by atoms with van der Waals surface area (Å²) in [5.74, 6) is 0.942. The van der Waals surface area contributed by atoms with E-state index >= 15 is 0 Å². The number of rotatable bonds is 6. The minimum atomic E-state index is -0.230. The lowest BCUT2D eigenvalue weighted by Crippen LogP contribution is -2.23. The summed E-state index contributed by atoms with van der Waals surface area (Å²) in [6.07, 6.45) is 7.19. The molecule has 1 heterocycles. The van der Waals surface area contributed by atoms with Crippen LogP contribution >= 0.6 is 11.8 Å². The van der Waals surface area contributed by atoms with Gasteiger partial charge in [-0.05, 0) is 50.8 Å². The van der Waals surface area contributed by atoms with Gasteiger partial charge in [-0.1, -0.05) is 50.1 Å². The summed E-state index contributed by atoms with van der Waals surface area (Å²) in [5.41, 5.74) is 2.10. The lowest BCUT2D eigenvalue weighted by atomic mass is 9.95. The summed E-state index contributed by atoms with van der Waals surface area (Å²) in [6, 6.07) is 8.50. The van der Waals surface area contributed by atoms with E-state index in [-0.39, 0.29) is 11.2 Å². The largest absolute Gasteiger partial charge is 0.325 e. The average molecular weight is 373 g/mol. The molecule has 0 radical (unpaired) electrons. The Morgan fingerprint density at radius 2 is 1.92 bits per heavy atom. The zero-order chi connectivity index (χ0) is 18.5. The van der Waals surface area contributed by atoms with Crippen molar-refractivity contribution in [2.24, 2.45) is 0 Å². The highest BCUT2D eigenvalue weighted by atomic mass is 32.2. The zero-order valence-electron chi connectivity index (χ0n) is 15.9. The first-order chi connectivity index (χ1) is 12.6. The Labute approximate surface area is 160 Å². The van der Waals surface area contributed by atoms with E-state index in [0.717, 1.165) is 23.1 Å². The molecule has 2 aromatic rings. The van der Waals surface area contributed by atoms with Gasteiger partial charge in [0.05, 0.1) is 5.25 Å². The fourth-order valence-corrected chi connectivity index (χ4v) is 4.43. The molecular formula is C20H28N4OS. The van der Waals surface area contributed by atoms with E-state index in [2.05, 4.69) is 39.1 Å². The van der Waals surface area contributed by atoms with Crippen LogP contribution in [0.2, 0.25) is 0 Å². The lowest BCUT2D eigenvalue weighted by molar-refractivity contribution is -0.115. The van der Waals surface area contributed by atoms with Crippen molar-refractivity contribution in [3.05, 3.63) is 35.7 Å². The van der Waals surface area contributed by atoms with Crippen molar-refractivity contribution in [1.29, 1.82) is 0 Å². The molecule has 1 aliphatic carbocycles. The number of benzene rings is 1. The number of hydrogen-bond acceptors (Lipinski definition) is 4. The number of thioether (sulfide) groups is 1. The molecule has 0 saturated heterocycles. The van der Waals surface area contributed by atoms with Crippen molar-refractivity contribution in [3.8, 4) is 0 Å². The molecule has 140 valence electrons. The Bertz CT molecular complexity index is 735. The van der Waals surface area contributed by atoms with Crippen molar-refractivity contribution in [2.45, 2.75) is 75.7 Å². The van der Waals surface area contributed by atoms with Gasteiger partial charge >= 0.3 is 0 Å². The summed E-state index contributed by atoms with van der Waals surface area (Å²) >= 11 is 1.50. The third-order valence-electron chi connectivity index (χ3n) is 5.06. The Morgan fingerprint density at radius 1 is 1.23 bits per heavy atom. The monoisotopic (exact) mass is 372 g/mol. The highest BCUT2D eigenvalue weighted by Crippen LogP contribution is 2.33. The zero-order valence-corrected chi connectivity index (χ0v) is 16.7. The second kappa shape index (κ2) is 8.71. The molecular weight excluding hydrogens is 344 g/mol. The molecule has 0 aliphatic heterocycles. The Kier molecular flexibility index (Phi) is 6.35. The van der Waals surface area contributed by atoms with Crippen molar-refractivity contribution in [1.82, 2.24) is 14.8 Å². The molecule has 1 saturated carbocycles.